The zero-order chi connectivity index (χ0) is 18.8. The second-order valence-corrected chi connectivity index (χ2v) is 8.52. The van der Waals surface area contributed by atoms with Crippen LogP contribution in [0.1, 0.15) is 24.2 Å². The predicted molar refractivity (Wildman–Crippen MR) is 108 cm³/mol. The number of rotatable bonds is 4. The zero-order valence-electron chi connectivity index (χ0n) is 15.2. The number of aryl methyl sites for hydroxylation is 2. The van der Waals surface area contributed by atoms with E-state index in [4.69, 9.17) is 0 Å². The Kier molecular flexibility index (Phi) is 5.13. The molecule has 1 fully saturated rings. The number of thiophene rings is 1. The highest BCUT2D eigenvalue weighted by Gasteiger charge is 2.27. The van der Waals surface area contributed by atoms with Crippen LogP contribution in [-0.4, -0.2) is 39.2 Å². The van der Waals surface area contributed by atoms with E-state index in [9.17, 15) is 4.79 Å². The standard InChI is InChI=1S/C18H20N6OS2/c1-11-10-12(2)20-17(19-11)24-7-5-13(6-8-24)15(25)21-18-23-22-16(27-18)14-4-3-9-26-14/h3-4,9-10,13H,5-8H2,1-2H3,(H,21,23,25). The Morgan fingerprint density at radius 1 is 1.19 bits per heavy atom. The molecule has 3 aromatic heterocycles. The second-order valence-electron chi connectivity index (χ2n) is 6.59. The third-order valence-corrected chi connectivity index (χ3v) is 6.38. The van der Waals surface area contributed by atoms with Crippen LogP contribution >= 0.6 is 22.7 Å². The second kappa shape index (κ2) is 7.69. The SMILES string of the molecule is Cc1cc(C)nc(N2CCC(C(=O)Nc3nnc(-c4cccs4)s3)CC2)n1. The predicted octanol–water partition coefficient (Wildman–Crippen LogP) is 3.53. The topological polar surface area (TPSA) is 83.9 Å². The molecule has 1 amide bonds. The van der Waals surface area contributed by atoms with Gasteiger partial charge in [0.25, 0.3) is 0 Å². The molecule has 0 aromatic carbocycles. The molecule has 0 bridgehead atoms. The van der Waals surface area contributed by atoms with Gasteiger partial charge in [-0.1, -0.05) is 17.4 Å². The highest BCUT2D eigenvalue weighted by atomic mass is 32.1. The molecule has 1 aliphatic heterocycles. The van der Waals surface area contributed by atoms with Crippen LogP contribution in [0.3, 0.4) is 0 Å². The molecule has 0 atom stereocenters. The van der Waals surface area contributed by atoms with E-state index in [0.29, 0.717) is 5.13 Å². The van der Waals surface area contributed by atoms with Crippen molar-refractivity contribution in [3.63, 3.8) is 0 Å². The van der Waals surface area contributed by atoms with E-state index < -0.39 is 0 Å². The molecule has 1 aliphatic rings. The van der Waals surface area contributed by atoms with Crippen molar-refractivity contribution < 1.29 is 4.79 Å². The summed E-state index contributed by atoms with van der Waals surface area (Å²) < 4.78 is 0. The molecule has 4 rings (SSSR count). The Morgan fingerprint density at radius 2 is 1.93 bits per heavy atom. The largest absolute Gasteiger partial charge is 0.341 e. The van der Waals surface area contributed by atoms with Crippen LogP contribution in [-0.2, 0) is 4.79 Å². The van der Waals surface area contributed by atoms with Crippen molar-refractivity contribution in [1.82, 2.24) is 20.2 Å². The van der Waals surface area contributed by atoms with Gasteiger partial charge in [0.05, 0.1) is 4.88 Å². The molecule has 27 heavy (non-hydrogen) atoms. The van der Waals surface area contributed by atoms with Gasteiger partial charge in [0.15, 0.2) is 5.01 Å². The summed E-state index contributed by atoms with van der Waals surface area (Å²) in [5, 5.41) is 14.6. The maximum atomic E-state index is 12.6. The molecule has 4 heterocycles. The third-order valence-electron chi connectivity index (χ3n) is 4.51. The van der Waals surface area contributed by atoms with Crippen LogP contribution in [0.5, 0.6) is 0 Å². The number of amides is 1. The Hall–Kier alpha value is -2.39. The van der Waals surface area contributed by atoms with Crippen LogP contribution in [0.4, 0.5) is 11.1 Å². The number of nitrogens with one attached hydrogen (secondary N) is 1. The number of hydrogen-bond donors (Lipinski definition) is 1. The number of carbonyl (C=O) groups is 1. The van der Waals surface area contributed by atoms with Gasteiger partial charge in [-0.15, -0.1) is 21.5 Å². The summed E-state index contributed by atoms with van der Waals surface area (Å²) in [5.74, 6) is 0.752. The van der Waals surface area contributed by atoms with E-state index in [1.54, 1.807) is 11.3 Å². The van der Waals surface area contributed by atoms with Gasteiger partial charge >= 0.3 is 0 Å². The van der Waals surface area contributed by atoms with Crippen LogP contribution in [0.15, 0.2) is 23.6 Å². The van der Waals surface area contributed by atoms with Gasteiger partial charge in [-0.25, -0.2) is 9.97 Å². The van der Waals surface area contributed by atoms with Gasteiger partial charge in [-0.3, -0.25) is 4.79 Å². The minimum atomic E-state index is -0.0266. The van der Waals surface area contributed by atoms with Crippen molar-refractivity contribution in [2.24, 2.45) is 5.92 Å². The van der Waals surface area contributed by atoms with Crippen molar-refractivity contribution in [2.75, 3.05) is 23.3 Å². The molecule has 140 valence electrons. The van der Waals surface area contributed by atoms with Crippen LogP contribution in [0.2, 0.25) is 0 Å². The molecule has 9 heteroatoms. The summed E-state index contributed by atoms with van der Waals surface area (Å²) in [6, 6.07) is 5.95. The monoisotopic (exact) mass is 400 g/mol. The van der Waals surface area contributed by atoms with E-state index in [2.05, 4.69) is 30.4 Å². The summed E-state index contributed by atoms with van der Waals surface area (Å²) in [7, 11) is 0. The highest BCUT2D eigenvalue weighted by molar-refractivity contribution is 7.23. The van der Waals surface area contributed by atoms with E-state index in [0.717, 1.165) is 53.2 Å². The molecular formula is C18H20N6OS2. The lowest BCUT2D eigenvalue weighted by Gasteiger charge is -2.31. The summed E-state index contributed by atoms with van der Waals surface area (Å²) in [5.41, 5.74) is 1.94. The van der Waals surface area contributed by atoms with E-state index in [1.807, 2.05) is 37.4 Å². The summed E-state index contributed by atoms with van der Waals surface area (Å²) >= 11 is 3.02. The lowest BCUT2D eigenvalue weighted by atomic mass is 9.96. The fraction of sp³-hybridized carbons (Fsp3) is 0.389. The van der Waals surface area contributed by atoms with Crippen molar-refractivity contribution in [1.29, 1.82) is 0 Å². The van der Waals surface area contributed by atoms with Gasteiger partial charge in [-0.05, 0) is 44.2 Å². The molecule has 3 aromatic rings. The first kappa shape index (κ1) is 18.0. The average Bonchev–Trinajstić information content (AvgIpc) is 3.32. The van der Waals surface area contributed by atoms with Gasteiger partial charge in [0.1, 0.15) is 0 Å². The molecule has 0 aliphatic carbocycles. The molecule has 0 unspecified atom stereocenters. The summed E-state index contributed by atoms with van der Waals surface area (Å²) in [4.78, 5) is 24.9. The van der Waals surface area contributed by atoms with Crippen molar-refractivity contribution in [3.8, 4) is 9.88 Å². The number of aromatic nitrogens is 4. The normalized spacial score (nSPS) is 15.1. The van der Waals surface area contributed by atoms with Crippen LogP contribution in [0.25, 0.3) is 9.88 Å². The van der Waals surface area contributed by atoms with Crippen LogP contribution < -0.4 is 10.2 Å². The highest BCUT2D eigenvalue weighted by Crippen LogP contribution is 2.30. The maximum absolute atomic E-state index is 12.6. The molecule has 0 spiro atoms. The molecule has 1 N–H and O–H groups in total. The number of piperidine rings is 1. The Balaban J connectivity index is 1.35. The quantitative estimate of drug-likeness (QED) is 0.721. The number of hydrogen-bond acceptors (Lipinski definition) is 8. The number of nitrogens with zero attached hydrogens (tertiary/aromatic N) is 5. The van der Waals surface area contributed by atoms with Crippen molar-refractivity contribution in [2.45, 2.75) is 26.7 Å². The molecule has 1 saturated heterocycles. The van der Waals surface area contributed by atoms with Crippen LogP contribution in [0, 0.1) is 19.8 Å². The minimum Gasteiger partial charge on any atom is -0.341 e. The first-order valence-electron chi connectivity index (χ1n) is 8.84. The van der Waals surface area contributed by atoms with E-state index in [1.165, 1.54) is 11.3 Å². The average molecular weight is 401 g/mol. The van der Waals surface area contributed by atoms with E-state index in [-0.39, 0.29) is 11.8 Å². The van der Waals surface area contributed by atoms with E-state index >= 15 is 0 Å². The Morgan fingerprint density at radius 3 is 2.59 bits per heavy atom. The molecular weight excluding hydrogens is 380 g/mol. The molecule has 7 nitrogen and oxygen atoms in total. The first-order valence-corrected chi connectivity index (χ1v) is 10.5. The van der Waals surface area contributed by atoms with Crippen molar-refractivity contribution in [3.05, 3.63) is 35.0 Å². The van der Waals surface area contributed by atoms with Gasteiger partial charge < -0.3 is 10.2 Å². The van der Waals surface area contributed by atoms with Gasteiger partial charge in [0, 0.05) is 30.4 Å². The molecule has 0 radical (unpaired) electrons. The van der Waals surface area contributed by atoms with Gasteiger partial charge in [-0.2, -0.15) is 0 Å². The third kappa shape index (κ3) is 4.14. The number of carbonyl (C=O) groups excluding carboxylic acids is 1. The fourth-order valence-electron chi connectivity index (χ4n) is 3.17. The van der Waals surface area contributed by atoms with Gasteiger partial charge in [0.2, 0.25) is 17.0 Å². The summed E-state index contributed by atoms with van der Waals surface area (Å²) in [6.45, 7) is 5.50. The smallest absolute Gasteiger partial charge is 0.229 e. The zero-order valence-corrected chi connectivity index (χ0v) is 16.8. The number of anilines is 2. The summed E-state index contributed by atoms with van der Waals surface area (Å²) in [6.07, 6.45) is 1.55. The first-order chi connectivity index (χ1) is 13.1. The lowest BCUT2D eigenvalue weighted by molar-refractivity contribution is -0.120. The maximum Gasteiger partial charge on any atom is 0.229 e. The Bertz CT molecular complexity index is 911. The molecule has 0 saturated carbocycles. The lowest BCUT2D eigenvalue weighted by Crippen LogP contribution is -2.39. The fourth-order valence-corrected chi connectivity index (χ4v) is 4.71. The Labute approximate surface area is 165 Å². The minimum absolute atomic E-state index is 0.0184. The van der Waals surface area contributed by atoms with Crippen molar-refractivity contribution >= 4 is 39.7 Å².